The summed E-state index contributed by atoms with van der Waals surface area (Å²) in [5, 5.41) is 2.71. The van der Waals surface area contributed by atoms with Crippen molar-refractivity contribution < 1.29 is 9.53 Å². The molecule has 0 amide bonds. The van der Waals surface area contributed by atoms with Gasteiger partial charge in [-0.3, -0.25) is 9.78 Å². The lowest BCUT2D eigenvalue weighted by molar-refractivity contribution is -0.142. The summed E-state index contributed by atoms with van der Waals surface area (Å²) in [5.41, 5.74) is 1.88. The summed E-state index contributed by atoms with van der Waals surface area (Å²) >= 11 is 1.47. The number of ether oxygens (including phenoxy) is 1. The Bertz CT molecular complexity index is 496. The Labute approximate surface area is 103 Å². The lowest BCUT2D eigenvalue weighted by Crippen LogP contribution is -2.07. The van der Waals surface area contributed by atoms with Gasteiger partial charge in [-0.05, 0) is 19.1 Å². The highest BCUT2D eigenvalue weighted by Gasteiger charge is 2.09. The van der Waals surface area contributed by atoms with Gasteiger partial charge in [0, 0.05) is 23.3 Å². The van der Waals surface area contributed by atoms with Crippen LogP contribution in [0, 0.1) is 0 Å². The van der Waals surface area contributed by atoms with Gasteiger partial charge < -0.3 is 4.74 Å². The molecule has 0 saturated heterocycles. The zero-order chi connectivity index (χ0) is 12.1. The third kappa shape index (κ3) is 3.10. The van der Waals surface area contributed by atoms with Crippen LogP contribution in [0.25, 0.3) is 11.3 Å². The topological polar surface area (TPSA) is 52.1 Å². The van der Waals surface area contributed by atoms with Gasteiger partial charge in [0.1, 0.15) is 5.01 Å². The van der Waals surface area contributed by atoms with E-state index in [0.29, 0.717) is 6.61 Å². The van der Waals surface area contributed by atoms with Gasteiger partial charge in [-0.2, -0.15) is 0 Å². The lowest BCUT2D eigenvalue weighted by atomic mass is 10.2. The number of pyridine rings is 1. The molecule has 0 atom stereocenters. The van der Waals surface area contributed by atoms with Crippen molar-refractivity contribution in [2.45, 2.75) is 13.3 Å². The summed E-state index contributed by atoms with van der Waals surface area (Å²) in [6.45, 7) is 2.20. The number of thiazole rings is 1. The molecule has 2 heterocycles. The Morgan fingerprint density at radius 1 is 1.41 bits per heavy atom. The molecule has 5 heteroatoms. The number of carbonyl (C=O) groups is 1. The Balaban J connectivity index is 2.09. The summed E-state index contributed by atoms with van der Waals surface area (Å²) < 4.78 is 4.88. The minimum atomic E-state index is -0.233. The van der Waals surface area contributed by atoms with Crippen molar-refractivity contribution in [3.8, 4) is 11.3 Å². The summed E-state index contributed by atoms with van der Waals surface area (Å²) in [4.78, 5) is 19.6. The van der Waals surface area contributed by atoms with Gasteiger partial charge in [0.2, 0.25) is 0 Å². The van der Waals surface area contributed by atoms with Crippen molar-refractivity contribution in [3.05, 3.63) is 34.9 Å². The molecule has 2 aromatic rings. The van der Waals surface area contributed by atoms with Gasteiger partial charge in [-0.25, -0.2) is 4.98 Å². The van der Waals surface area contributed by atoms with E-state index < -0.39 is 0 Å². The first kappa shape index (κ1) is 11.7. The van der Waals surface area contributed by atoms with Crippen LogP contribution in [0.2, 0.25) is 0 Å². The van der Waals surface area contributed by atoms with Crippen LogP contribution >= 0.6 is 11.3 Å². The van der Waals surface area contributed by atoms with Crippen molar-refractivity contribution in [3.63, 3.8) is 0 Å². The Kier molecular flexibility index (Phi) is 3.82. The average molecular weight is 248 g/mol. The summed E-state index contributed by atoms with van der Waals surface area (Å²) in [6, 6.07) is 3.78. The molecule has 0 aliphatic rings. The molecular formula is C12H12N2O2S. The van der Waals surface area contributed by atoms with E-state index in [1.54, 1.807) is 19.3 Å². The molecule has 0 unspecified atom stereocenters. The largest absolute Gasteiger partial charge is 0.466 e. The van der Waals surface area contributed by atoms with E-state index in [0.717, 1.165) is 16.3 Å². The number of hydrogen-bond donors (Lipinski definition) is 0. The third-order valence-electron chi connectivity index (χ3n) is 2.13. The molecule has 17 heavy (non-hydrogen) atoms. The highest BCUT2D eigenvalue weighted by atomic mass is 32.1. The standard InChI is InChI=1S/C12H12N2O2S/c1-2-16-12(15)7-11-14-10(8-17-11)9-3-5-13-6-4-9/h3-6,8H,2,7H2,1H3. The van der Waals surface area contributed by atoms with Gasteiger partial charge in [-0.1, -0.05) is 0 Å². The fourth-order valence-electron chi connectivity index (χ4n) is 1.38. The summed E-state index contributed by atoms with van der Waals surface area (Å²) in [6.07, 6.45) is 3.68. The second kappa shape index (κ2) is 5.54. The Morgan fingerprint density at radius 3 is 2.88 bits per heavy atom. The molecule has 0 spiro atoms. The molecule has 0 saturated carbocycles. The maximum absolute atomic E-state index is 11.3. The van der Waals surface area contributed by atoms with Crippen LogP contribution < -0.4 is 0 Å². The predicted molar refractivity (Wildman–Crippen MR) is 65.7 cm³/mol. The minimum Gasteiger partial charge on any atom is -0.466 e. The number of esters is 1. The second-order valence-electron chi connectivity index (χ2n) is 3.34. The van der Waals surface area contributed by atoms with Crippen LogP contribution in [0.3, 0.4) is 0 Å². The highest BCUT2D eigenvalue weighted by molar-refractivity contribution is 7.10. The van der Waals surface area contributed by atoms with Gasteiger partial charge >= 0.3 is 5.97 Å². The van der Waals surface area contributed by atoms with E-state index in [2.05, 4.69) is 9.97 Å². The van der Waals surface area contributed by atoms with Crippen LogP contribution in [0.4, 0.5) is 0 Å². The number of rotatable bonds is 4. The smallest absolute Gasteiger partial charge is 0.312 e. The van der Waals surface area contributed by atoms with E-state index >= 15 is 0 Å². The summed E-state index contributed by atoms with van der Waals surface area (Å²) in [5.74, 6) is -0.233. The molecule has 0 radical (unpaired) electrons. The van der Waals surface area contributed by atoms with Gasteiger partial charge in [0.15, 0.2) is 0 Å². The molecule has 0 bridgehead atoms. The van der Waals surface area contributed by atoms with Crippen molar-refractivity contribution in [2.24, 2.45) is 0 Å². The maximum Gasteiger partial charge on any atom is 0.312 e. The molecule has 0 aromatic carbocycles. The van der Waals surface area contributed by atoms with E-state index in [9.17, 15) is 4.79 Å². The minimum absolute atomic E-state index is 0.233. The first-order valence-corrected chi connectivity index (χ1v) is 6.18. The molecule has 2 aromatic heterocycles. The molecule has 0 aliphatic heterocycles. The second-order valence-corrected chi connectivity index (χ2v) is 4.29. The fraction of sp³-hybridized carbons (Fsp3) is 0.250. The van der Waals surface area contributed by atoms with E-state index in [1.807, 2.05) is 17.5 Å². The monoisotopic (exact) mass is 248 g/mol. The van der Waals surface area contributed by atoms with Crippen LogP contribution in [-0.4, -0.2) is 22.5 Å². The lowest BCUT2D eigenvalue weighted by Gasteiger charge is -1.98. The predicted octanol–water partition coefficient (Wildman–Crippen LogP) is 2.31. The van der Waals surface area contributed by atoms with Crippen molar-refractivity contribution in [2.75, 3.05) is 6.61 Å². The van der Waals surface area contributed by atoms with Crippen molar-refractivity contribution in [1.29, 1.82) is 0 Å². The number of carbonyl (C=O) groups excluding carboxylic acids is 1. The molecular weight excluding hydrogens is 236 g/mol. The summed E-state index contributed by atoms with van der Waals surface area (Å²) in [7, 11) is 0. The van der Waals surface area contributed by atoms with Gasteiger partial charge in [0.25, 0.3) is 0 Å². The molecule has 2 rings (SSSR count). The third-order valence-corrected chi connectivity index (χ3v) is 2.98. The number of hydrogen-bond acceptors (Lipinski definition) is 5. The average Bonchev–Trinajstić information content (AvgIpc) is 2.79. The first-order chi connectivity index (χ1) is 8.29. The van der Waals surface area contributed by atoms with Crippen LogP contribution in [0.1, 0.15) is 11.9 Å². The van der Waals surface area contributed by atoms with Gasteiger partial charge in [0.05, 0.1) is 18.7 Å². The molecule has 0 aliphatic carbocycles. The van der Waals surface area contributed by atoms with E-state index in [-0.39, 0.29) is 12.4 Å². The number of aromatic nitrogens is 2. The molecule has 88 valence electrons. The van der Waals surface area contributed by atoms with Crippen LogP contribution in [0.15, 0.2) is 29.9 Å². The molecule has 4 nitrogen and oxygen atoms in total. The molecule has 0 fully saturated rings. The normalized spacial score (nSPS) is 10.2. The van der Waals surface area contributed by atoms with Crippen molar-refractivity contribution >= 4 is 17.3 Å². The quantitative estimate of drug-likeness (QED) is 0.779. The Hall–Kier alpha value is -1.75. The highest BCUT2D eigenvalue weighted by Crippen LogP contribution is 2.21. The maximum atomic E-state index is 11.3. The zero-order valence-corrected chi connectivity index (χ0v) is 10.2. The molecule has 0 N–H and O–H groups in total. The van der Waals surface area contributed by atoms with Crippen LogP contribution in [-0.2, 0) is 16.0 Å². The number of nitrogens with zero attached hydrogens (tertiary/aromatic N) is 2. The zero-order valence-electron chi connectivity index (χ0n) is 9.42. The van der Waals surface area contributed by atoms with Gasteiger partial charge in [-0.15, -0.1) is 11.3 Å². The van der Waals surface area contributed by atoms with E-state index in [1.165, 1.54) is 11.3 Å². The Morgan fingerprint density at radius 2 is 2.18 bits per heavy atom. The van der Waals surface area contributed by atoms with Crippen molar-refractivity contribution in [1.82, 2.24) is 9.97 Å². The first-order valence-electron chi connectivity index (χ1n) is 5.30. The fourth-order valence-corrected chi connectivity index (χ4v) is 2.17. The van der Waals surface area contributed by atoms with E-state index in [4.69, 9.17) is 4.74 Å². The van der Waals surface area contributed by atoms with Crippen LogP contribution in [0.5, 0.6) is 0 Å². The SMILES string of the molecule is CCOC(=O)Cc1nc(-c2ccncc2)cs1.